The van der Waals surface area contributed by atoms with Gasteiger partial charge in [0, 0.05) is 23.9 Å². The van der Waals surface area contributed by atoms with Gasteiger partial charge in [-0.1, -0.05) is 25.1 Å². The van der Waals surface area contributed by atoms with E-state index in [-0.39, 0.29) is 18.0 Å². The van der Waals surface area contributed by atoms with E-state index < -0.39 is 0 Å². The van der Waals surface area contributed by atoms with Gasteiger partial charge in [0.15, 0.2) is 0 Å². The van der Waals surface area contributed by atoms with Crippen molar-refractivity contribution in [3.63, 3.8) is 0 Å². The Morgan fingerprint density at radius 2 is 2.00 bits per heavy atom. The molecule has 2 heterocycles. The number of hydrogen-bond donors (Lipinski definition) is 1. The number of fused-ring (bicyclic) bond motifs is 1. The van der Waals surface area contributed by atoms with Crippen LogP contribution in [0.3, 0.4) is 0 Å². The lowest BCUT2D eigenvalue weighted by atomic mass is 10.2. The normalized spacial score (nSPS) is 10.9. The molecule has 0 aliphatic heterocycles. The molecule has 0 radical (unpaired) electrons. The van der Waals surface area contributed by atoms with Crippen molar-refractivity contribution in [2.45, 2.75) is 33.2 Å². The van der Waals surface area contributed by atoms with Crippen molar-refractivity contribution in [2.75, 3.05) is 4.90 Å². The van der Waals surface area contributed by atoms with E-state index in [2.05, 4.69) is 15.1 Å². The lowest BCUT2D eigenvalue weighted by Crippen LogP contribution is -2.30. The molecule has 2 aromatic heterocycles. The number of carbonyl (C=O) groups is 1. The van der Waals surface area contributed by atoms with Crippen LogP contribution in [0.2, 0.25) is 0 Å². The Labute approximate surface area is 139 Å². The smallest absolute Gasteiger partial charge is 0.274 e. The summed E-state index contributed by atoms with van der Waals surface area (Å²) >= 11 is 0. The highest BCUT2D eigenvalue weighted by Crippen LogP contribution is 2.17. The average Bonchev–Trinajstić information content (AvgIpc) is 2.96. The van der Waals surface area contributed by atoms with Gasteiger partial charge in [0.1, 0.15) is 5.82 Å². The number of aromatic nitrogens is 4. The van der Waals surface area contributed by atoms with E-state index in [0.29, 0.717) is 23.7 Å². The number of para-hydroxylation sites is 1. The molecular formula is C17H19N5O2. The van der Waals surface area contributed by atoms with Crippen LogP contribution in [0.15, 0.2) is 41.2 Å². The van der Waals surface area contributed by atoms with Gasteiger partial charge in [-0.2, -0.15) is 9.50 Å². The van der Waals surface area contributed by atoms with Crippen molar-refractivity contribution >= 4 is 17.4 Å². The molecule has 124 valence electrons. The summed E-state index contributed by atoms with van der Waals surface area (Å²) in [5, 5.41) is 2.92. The molecule has 0 aliphatic rings. The molecule has 3 aromatic rings. The van der Waals surface area contributed by atoms with Gasteiger partial charge >= 0.3 is 0 Å². The Hall–Kier alpha value is -2.96. The molecule has 0 fully saturated rings. The largest absolute Gasteiger partial charge is 0.305 e. The van der Waals surface area contributed by atoms with Crippen LogP contribution in [0, 0.1) is 6.92 Å². The van der Waals surface area contributed by atoms with E-state index >= 15 is 0 Å². The molecule has 0 aliphatic carbocycles. The van der Waals surface area contributed by atoms with E-state index in [9.17, 15) is 9.59 Å². The number of hydrogen-bond acceptors (Lipinski definition) is 4. The first-order valence-electron chi connectivity index (χ1n) is 7.89. The van der Waals surface area contributed by atoms with Crippen LogP contribution in [-0.4, -0.2) is 25.5 Å². The van der Waals surface area contributed by atoms with Crippen LogP contribution >= 0.6 is 0 Å². The fraction of sp³-hybridized carbons (Fsp3) is 0.294. The molecule has 0 unspecified atom stereocenters. The van der Waals surface area contributed by atoms with E-state index in [1.54, 1.807) is 11.8 Å². The predicted molar refractivity (Wildman–Crippen MR) is 90.9 cm³/mol. The van der Waals surface area contributed by atoms with Crippen molar-refractivity contribution in [1.82, 2.24) is 19.6 Å². The molecular weight excluding hydrogens is 306 g/mol. The second kappa shape index (κ2) is 6.66. The van der Waals surface area contributed by atoms with Gasteiger partial charge in [-0.25, -0.2) is 4.98 Å². The Balaban J connectivity index is 1.97. The summed E-state index contributed by atoms with van der Waals surface area (Å²) < 4.78 is 1.29. The lowest BCUT2D eigenvalue weighted by Gasteiger charge is -2.21. The molecule has 24 heavy (non-hydrogen) atoms. The molecule has 0 spiro atoms. The van der Waals surface area contributed by atoms with Crippen molar-refractivity contribution < 1.29 is 4.79 Å². The molecule has 0 saturated heterocycles. The van der Waals surface area contributed by atoms with Gasteiger partial charge in [-0.05, 0) is 25.5 Å². The van der Waals surface area contributed by atoms with E-state index in [1.165, 1.54) is 10.6 Å². The molecule has 7 nitrogen and oxygen atoms in total. The van der Waals surface area contributed by atoms with Crippen molar-refractivity contribution in [2.24, 2.45) is 0 Å². The number of amides is 1. The number of anilines is 1. The molecule has 3 rings (SSSR count). The highest BCUT2D eigenvalue weighted by Gasteiger charge is 2.17. The summed E-state index contributed by atoms with van der Waals surface area (Å²) in [6.45, 7) is 3.97. The zero-order valence-corrected chi connectivity index (χ0v) is 13.7. The number of benzene rings is 1. The van der Waals surface area contributed by atoms with Crippen LogP contribution in [0.25, 0.3) is 5.78 Å². The zero-order chi connectivity index (χ0) is 17.1. The monoisotopic (exact) mass is 325 g/mol. The summed E-state index contributed by atoms with van der Waals surface area (Å²) in [4.78, 5) is 34.7. The summed E-state index contributed by atoms with van der Waals surface area (Å²) in [5.41, 5.74) is 1.19. The third-order valence-electron chi connectivity index (χ3n) is 3.65. The minimum atomic E-state index is -0.220. The molecule has 0 atom stereocenters. The maximum absolute atomic E-state index is 12.5. The topological polar surface area (TPSA) is 83.4 Å². The van der Waals surface area contributed by atoms with Gasteiger partial charge in [-0.3, -0.25) is 14.7 Å². The van der Waals surface area contributed by atoms with E-state index in [4.69, 9.17) is 0 Å². The Morgan fingerprint density at radius 1 is 1.25 bits per heavy atom. The number of carbonyl (C=O) groups excluding carboxylic acids is 1. The van der Waals surface area contributed by atoms with Crippen LogP contribution in [-0.2, 0) is 11.3 Å². The number of rotatable bonds is 5. The van der Waals surface area contributed by atoms with E-state index in [0.717, 1.165) is 12.1 Å². The number of nitrogens with zero attached hydrogens (tertiary/aromatic N) is 4. The van der Waals surface area contributed by atoms with E-state index in [1.807, 2.05) is 37.3 Å². The quantitative estimate of drug-likeness (QED) is 0.778. The second-order valence-corrected chi connectivity index (χ2v) is 5.61. The summed E-state index contributed by atoms with van der Waals surface area (Å²) in [5.74, 6) is 0.838. The highest BCUT2D eigenvalue weighted by molar-refractivity contribution is 5.93. The minimum absolute atomic E-state index is 0.0145. The van der Waals surface area contributed by atoms with Gasteiger partial charge < -0.3 is 4.90 Å². The minimum Gasteiger partial charge on any atom is -0.305 e. The van der Waals surface area contributed by atoms with Crippen molar-refractivity contribution in [3.8, 4) is 0 Å². The van der Waals surface area contributed by atoms with Crippen molar-refractivity contribution in [1.29, 1.82) is 0 Å². The lowest BCUT2D eigenvalue weighted by molar-refractivity contribution is -0.118. The second-order valence-electron chi connectivity index (χ2n) is 5.61. The standard InChI is InChI=1S/C17H19N5O2/c1-3-7-15(23)21(13-8-5-4-6-9-13)11-14-19-17-18-12(2)10-16(24)22(17)20-14/h4-6,8-10H,3,7,11H2,1-2H3,(H,18,19,20). The average molecular weight is 325 g/mol. The maximum Gasteiger partial charge on any atom is 0.274 e. The third kappa shape index (κ3) is 3.19. The van der Waals surface area contributed by atoms with Crippen molar-refractivity contribution in [3.05, 3.63) is 58.3 Å². The molecule has 1 N–H and O–H groups in total. The molecule has 1 amide bonds. The number of nitrogens with one attached hydrogen (secondary N) is 1. The first-order valence-corrected chi connectivity index (χ1v) is 7.89. The fourth-order valence-electron chi connectivity index (χ4n) is 2.54. The van der Waals surface area contributed by atoms with Crippen LogP contribution in [0.5, 0.6) is 0 Å². The summed E-state index contributed by atoms with van der Waals surface area (Å²) in [6.07, 6.45) is 1.22. The fourth-order valence-corrected chi connectivity index (χ4v) is 2.54. The van der Waals surface area contributed by atoms with Crippen LogP contribution < -0.4 is 10.5 Å². The molecule has 0 bridgehead atoms. The number of aryl methyl sites for hydroxylation is 1. The SMILES string of the molecule is CCCC(=O)N(Cc1nc2nc(C)cc(=O)n2[nH]1)c1ccccc1. The molecule has 1 aromatic carbocycles. The van der Waals surface area contributed by atoms with Gasteiger partial charge in [0.2, 0.25) is 5.91 Å². The number of aromatic amines is 1. The maximum atomic E-state index is 12.5. The first kappa shape index (κ1) is 15.9. The van der Waals surface area contributed by atoms with Gasteiger partial charge in [0.05, 0.1) is 6.54 Å². The van der Waals surface area contributed by atoms with Crippen LogP contribution in [0.1, 0.15) is 31.3 Å². The third-order valence-corrected chi connectivity index (χ3v) is 3.65. The number of H-pyrrole nitrogens is 1. The highest BCUT2D eigenvalue weighted by atomic mass is 16.2. The Morgan fingerprint density at radius 3 is 2.71 bits per heavy atom. The van der Waals surface area contributed by atoms with Crippen LogP contribution in [0.4, 0.5) is 5.69 Å². The Kier molecular flexibility index (Phi) is 4.41. The van der Waals surface area contributed by atoms with Gasteiger partial charge in [0.25, 0.3) is 11.3 Å². The molecule has 7 heteroatoms. The Bertz CT molecular complexity index is 914. The zero-order valence-electron chi connectivity index (χ0n) is 13.7. The predicted octanol–water partition coefficient (Wildman–Crippen LogP) is 2.06. The summed E-state index contributed by atoms with van der Waals surface area (Å²) in [7, 11) is 0. The first-order chi connectivity index (χ1) is 11.6. The molecule has 0 saturated carbocycles. The summed E-state index contributed by atoms with van der Waals surface area (Å²) in [6, 6.07) is 10.9. The van der Waals surface area contributed by atoms with Gasteiger partial charge in [-0.15, -0.1) is 0 Å².